The maximum atomic E-state index is 12.6. The van der Waals surface area contributed by atoms with E-state index in [1.165, 1.54) is 0 Å². The summed E-state index contributed by atoms with van der Waals surface area (Å²) in [5.41, 5.74) is -0.282. The fourth-order valence-electron chi connectivity index (χ4n) is 2.33. The van der Waals surface area contributed by atoms with Crippen LogP contribution in [0.1, 0.15) is 53.4 Å². The molecule has 1 aromatic rings. The molecule has 0 heterocycles. The van der Waals surface area contributed by atoms with Crippen LogP contribution in [0.25, 0.3) is 0 Å². The highest BCUT2D eigenvalue weighted by atomic mass is 32.2. The maximum absolute atomic E-state index is 12.6. The van der Waals surface area contributed by atoms with Gasteiger partial charge in [-0.1, -0.05) is 44.4 Å². The standard InChI is InChI=1S/C19H31NO2S/c1-5-6-8-13-17(21)16(18(22)20-19(2,3)4)14-23-15-11-9-7-10-12-15/h7,9-12,16-17,21H,5-6,8,13-14H2,1-4H3,(H,20,22)/t16-,17-/m0/s1. The number of thioether (sulfide) groups is 1. The zero-order valence-electron chi connectivity index (χ0n) is 14.8. The van der Waals surface area contributed by atoms with Crippen molar-refractivity contribution in [1.82, 2.24) is 5.32 Å². The number of amides is 1. The quantitative estimate of drug-likeness (QED) is 0.523. The molecule has 0 fully saturated rings. The number of aliphatic hydroxyl groups is 1. The van der Waals surface area contributed by atoms with E-state index >= 15 is 0 Å². The molecule has 0 aliphatic carbocycles. The average Bonchev–Trinajstić information content (AvgIpc) is 2.47. The summed E-state index contributed by atoms with van der Waals surface area (Å²) >= 11 is 1.63. The van der Waals surface area contributed by atoms with Gasteiger partial charge in [0, 0.05) is 16.2 Å². The third kappa shape index (κ3) is 8.42. The zero-order chi connectivity index (χ0) is 17.3. The van der Waals surface area contributed by atoms with Crippen molar-refractivity contribution < 1.29 is 9.90 Å². The lowest BCUT2D eigenvalue weighted by atomic mass is 9.96. The van der Waals surface area contributed by atoms with Crippen molar-refractivity contribution in [3.63, 3.8) is 0 Å². The first kappa shape index (κ1) is 20.0. The van der Waals surface area contributed by atoms with Gasteiger partial charge >= 0.3 is 0 Å². The van der Waals surface area contributed by atoms with Gasteiger partial charge in [0.15, 0.2) is 0 Å². The first-order chi connectivity index (χ1) is 10.8. The Morgan fingerprint density at radius 3 is 2.43 bits per heavy atom. The number of nitrogens with one attached hydrogen (secondary N) is 1. The summed E-state index contributed by atoms with van der Waals surface area (Å²) < 4.78 is 0. The molecule has 2 atom stereocenters. The monoisotopic (exact) mass is 337 g/mol. The number of carbonyl (C=O) groups excluding carboxylic acids is 1. The van der Waals surface area contributed by atoms with Crippen LogP contribution in [0.5, 0.6) is 0 Å². The number of hydrogen-bond acceptors (Lipinski definition) is 3. The van der Waals surface area contributed by atoms with Gasteiger partial charge in [-0.05, 0) is 39.3 Å². The second kappa shape index (κ2) is 9.99. The van der Waals surface area contributed by atoms with Gasteiger partial charge in [-0.2, -0.15) is 0 Å². The topological polar surface area (TPSA) is 49.3 Å². The van der Waals surface area contributed by atoms with Crippen LogP contribution >= 0.6 is 11.8 Å². The number of hydrogen-bond donors (Lipinski definition) is 2. The molecule has 2 N–H and O–H groups in total. The molecule has 0 aliphatic rings. The van der Waals surface area contributed by atoms with Crippen LogP contribution in [0.15, 0.2) is 35.2 Å². The maximum Gasteiger partial charge on any atom is 0.226 e. The average molecular weight is 338 g/mol. The fraction of sp³-hybridized carbons (Fsp3) is 0.632. The molecule has 1 rings (SSSR count). The van der Waals surface area contributed by atoms with Crippen LogP contribution < -0.4 is 5.32 Å². The minimum Gasteiger partial charge on any atom is -0.392 e. The Kier molecular flexibility index (Phi) is 8.71. The Hall–Kier alpha value is -1.00. The van der Waals surface area contributed by atoms with E-state index in [1.54, 1.807) is 11.8 Å². The van der Waals surface area contributed by atoms with E-state index in [9.17, 15) is 9.90 Å². The predicted octanol–water partition coefficient (Wildman–Crippen LogP) is 4.25. The summed E-state index contributed by atoms with van der Waals surface area (Å²) in [6.45, 7) is 8.04. The summed E-state index contributed by atoms with van der Waals surface area (Å²) in [5, 5.41) is 13.5. The van der Waals surface area contributed by atoms with E-state index in [1.807, 2.05) is 51.1 Å². The highest BCUT2D eigenvalue weighted by Crippen LogP contribution is 2.24. The molecule has 4 heteroatoms. The Balaban J connectivity index is 2.68. The predicted molar refractivity (Wildman–Crippen MR) is 98.7 cm³/mol. The molecule has 0 saturated heterocycles. The van der Waals surface area contributed by atoms with Gasteiger partial charge in [-0.3, -0.25) is 4.79 Å². The first-order valence-electron chi connectivity index (χ1n) is 8.51. The molecule has 1 aromatic carbocycles. The van der Waals surface area contributed by atoms with Crippen molar-refractivity contribution in [2.75, 3.05) is 5.75 Å². The smallest absolute Gasteiger partial charge is 0.226 e. The molecule has 0 saturated carbocycles. The molecule has 0 spiro atoms. The SMILES string of the molecule is CCCCC[C@H](O)[C@H](CSc1ccccc1)C(=O)NC(C)(C)C. The molecule has 0 bridgehead atoms. The summed E-state index contributed by atoms with van der Waals surface area (Å²) in [5.74, 6) is 0.167. The summed E-state index contributed by atoms with van der Waals surface area (Å²) in [6.07, 6.45) is 3.28. The Labute approximate surface area is 145 Å². The molecule has 0 unspecified atom stereocenters. The van der Waals surface area contributed by atoms with E-state index in [4.69, 9.17) is 0 Å². The minimum atomic E-state index is -0.583. The van der Waals surface area contributed by atoms with Crippen LogP contribution in [-0.4, -0.2) is 28.4 Å². The molecule has 0 aromatic heterocycles. The molecule has 0 aliphatic heterocycles. The van der Waals surface area contributed by atoms with Crippen LogP contribution in [-0.2, 0) is 4.79 Å². The summed E-state index contributed by atoms with van der Waals surface area (Å²) in [6, 6.07) is 10.0. The highest BCUT2D eigenvalue weighted by molar-refractivity contribution is 7.99. The van der Waals surface area contributed by atoms with E-state index < -0.39 is 6.10 Å². The second-order valence-corrected chi connectivity index (χ2v) is 8.13. The Morgan fingerprint density at radius 2 is 1.87 bits per heavy atom. The van der Waals surface area contributed by atoms with Crippen LogP contribution in [0.3, 0.4) is 0 Å². The number of carbonyl (C=O) groups is 1. The van der Waals surface area contributed by atoms with Gasteiger partial charge < -0.3 is 10.4 Å². The Morgan fingerprint density at radius 1 is 1.22 bits per heavy atom. The van der Waals surface area contributed by atoms with E-state index in [0.717, 1.165) is 24.2 Å². The normalized spacial score (nSPS) is 14.3. The number of rotatable bonds is 9. The van der Waals surface area contributed by atoms with Gasteiger partial charge in [-0.25, -0.2) is 0 Å². The number of aliphatic hydroxyl groups excluding tert-OH is 1. The van der Waals surface area contributed by atoms with Gasteiger partial charge in [0.25, 0.3) is 0 Å². The lowest BCUT2D eigenvalue weighted by Gasteiger charge is -2.27. The lowest BCUT2D eigenvalue weighted by Crippen LogP contribution is -2.47. The third-order valence-electron chi connectivity index (χ3n) is 3.58. The van der Waals surface area contributed by atoms with Crippen molar-refractivity contribution in [1.29, 1.82) is 0 Å². The molecular formula is C19H31NO2S. The Bertz CT molecular complexity index is 456. The first-order valence-corrected chi connectivity index (χ1v) is 9.50. The number of unbranched alkanes of at least 4 members (excludes halogenated alkanes) is 2. The molecule has 3 nitrogen and oxygen atoms in total. The largest absolute Gasteiger partial charge is 0.392 e. The van der Waals surface area contributed by atoms with Gasteiger partial charge in [0.1, 0.15) is 0 Å². The van der Waals surface area contributed by atoms with Gasteiger partial charge in [0.05, 0.1) is 12.0 Å². The van der Waals surface area contributed by atoms with Crippen molar-refractivity contribution in [2.24, 2.45) is 5.92 Å². The van der Waals surface area contributed by atoms with Crippen LogP contribution in [0, 0.1) is 5.92 Å². The molecular weight excluding hydrogens is 306 g/mol. The molecule has 130 valence electrons. The summed E-state index contributed by atoms with van der Waals surface area (Å²) in [7, 11) is 0. The minimum absolute atomic E-state index is 0.0510. The zero-order valence-corrected chi connectivity index (χ0v) is 15.7. The summed E-state index contributed by atoms with van der Waals surface area (Å²) in [4.78, 5) is 13.7. The van der Waals surface area contributed by atoms with E-state index in [-0.39, 0.29) is 17.4 Å². The van der Waals surface area contributed by atoms with E-state index in [0.29, 0.717) is 12.2 Å². The molecule has 0 radical (unpaired) electrons. The van der Waals surface area contributed by atoms with Crippen molar-refractivity contribution in [3.05, 3.63) is 30.3 Å². The fourth-order valence-corrected chi connectivity index (χ4v) is 3.43. The van der Waals surface area contributed by atoms with Crippen molar-refractivity contribution in [2.45, 2.75) is 69.9 Å². The second-order valence-electron chi connectivity index (χ2n) is 7.03. The van der Waals surface area contributed by atoms with Gasteiger partial charge in [-0.15, -0.1) is 11.8 Å². The van der Waals surface area contributed by atoms with E-state index in [2.05, 4.69) is 12.2 Å². The highest BCUT2D eigenvalue weighted by Gasteiger charge is 2.29. The van der Waals surface area contributed by atoms with Gasteiger partial charge in [0.2, 0.25) is 5.91 Å². The molecule has 1 amide bonds. The van der Waals surface area contributed by atoms with Crippen LogP contribution in [0.2, 0.25) is 0 Å². The van der Waals surface area contributed by atoms with Crippen molar-refractivity contribution >= 4 is 17.7 Å². The third-order valence-corrected chi connectivity index (χ3v) is 4.71. The molecule has 23 heavy (non-hydrogen) atoms. The van der Waals surface area contributed by atoms with Crippen LogP contribution in [0.4, 0.5) is 0 Å². The van der Waals surface area contributed by atoms with Crippen molar-refractivity contribution in [3.8, 4) is 0 Å². The number of benzene rings is 1. The lowest BCUT2D eigenvalue weighted by molar-refractivity contribution is -0.129.